The summed E-state index contributed by atoms with van der Waals surface area (Å²) in [6.45, 7) is 8.88. The Bertz CT molecular complexity index is 3010. The molecule has 3 aromatic heterocycles. The Morgan fingerprint density at radius 1 is 0.984 bits per heavy atom. The largest absolute Gasteiger partial charge is 0.464 e. The maximum atomic E-state index is 15.2. The number of hydrogen-bond donors (Lipinski definition) is 1. The van der Waals surface area contributed by atoms with Gasteiger partial charge in [0.25, 0.3) is 11.5 Å². The van der Waals surface area contributed by atoms with Crippen LogP contribution in [-0.2, 0) is 33.0 Å². The van der Waals surface area contributed by atoms with E-state index < -0.39 is 27.2 Å². The molecule has 0 radical (unpaired) electrons. The van der Waals surface area contributed by atoms with Gasteiger partial charge in [0.15, 0.2) is 15.7 Å². The zero-order valence-electron chi connectivity index (χ0n) is 35.6. The highest BCUT2D eigenvalue weighted by Crippen LogP contribution is 2.56. The topological polar surface area (TPSA) is 172 Å². The molecule has 1 N–H and O–H groups in total. The van der Waals surface area contributed by atoms with E-state index >= 15 is 4.79 Å². The highest BCUT2D eigenvalue weighted by molar-refractivity contribution is 7.92. The number of nitrogens with zero attached hydrogens (tertiary/aromatic N) is 5. The Balaban J connectivity index is 1.02. The van der Waals surface area contributed by atoms with Gasteiger partial charge in [-0.25, -0.2) is 22.2 Å². The lowest BCUT2D eigenvalue weighted by Crippen LogP contribution is -2.44. The highest BCUT2D eigenvalue weighted by Gasteiger charge is 2.59. The molecule has 328 valence electrons. The molecular formula is C47H49FN6O8S. The molecule has 0 spiro atoms. The van der Waals surface area contributed by atoms with Crippen LogP contribution in [0.3, 0.4) is 0 Å². The number of carbonyl (C=O) groups is 1. The number of halogens is 1. The molecule has 2 aliphatic heterocycles. The van der Waals surface area contributed by atoms with Gasteiger partial charge in [0.05, 0.1) is 34.2 Å². The predicted octanol–water partition coefficient (Wildman–Crippen LogP) is 6.61. The average Bonchev–Trinajstić information content (AvgIpc) is 4.17. The fourth-order valence-corrected chi connectivity index (χ4v) is 11.5. The van der Waals surface area contributed by atoms with Gasteiger partial charge >= 0.3 is 11.8 Å². The molecule has 2 saturated carbocycles. The number of sulfone groups is 1. The maximum absolute atomic E-state index is 15.2. The molecule has 0 unspecified atom stereocenters. The first kappa shape index (κ1) is 41.2. The Kier molecular flexibility index (Phi) is 10.1. The number of amides is 1. The summed E-state index contributed by atoms with van der Waals surface area (Å²) >= 11 is 0. The lowest BCUT2D eigenvalue weighted by molar-refractivity contribution is 0.0656. The van der Waals surface area contributed by atoms with Crippen LogP contribution in [0.4, 0.5) is 4.39 Å². The number of aromatic nitrogens is 5. The number of benzene rings is 3. The van der Waals surface area contributed by atoms with Crippen molar-refractivity contribution in [2.24, 2.45) is 5.92 Å². The molecule has 5 heterocycles. The number of nitrogens with one attached hydrogen (secondary N) is 1. The average molecular weight is 877 g/mol. The first-order valence-electron chi connectivity index (χ1n) is 21.8. The Labute approximate surface area is 362 Å². The minimum atomic E-state index is -3.33. The van der Waals surface area contributed by atoms with Gasteiger partial charge in [-0.2, -0.15) is 4.98 Å². The number of H-pyrrole nitrogens is 1. The van der Waals surface area contributed by atoms with E-state index in [9.17, 15) is 22.4 Å². The zero-order chi connectivity index (χ0) is 43.9. The number of rotatable bonds is 11. The van der Waals surface area contributed by atoms with E-state index in [1.54, 1.807) is 55.1 Å². The number of ether oxygens (including phenoxy) is 2. The van der Waals surface area contributed by atoms with E-state index in [0.29, 0.717) is 89.3 Å². The van der Waals surface area contributed by atoms with Crippen LogP contribution in [0.1, 0.15) is 108 Å². The maximum Gasteiger partial charge on any atom is 0.438 e. The number of aryl methyl sites for hydroxylation is 2. The summed E-state index contributed by atoms with van der Waals surface area (Å²) in [6, 6.07) is 17.5. The highest BCUT2D eigenvalue weighted by atomic mass is 32.2. The number of hydrogen-bond acceptors (Lipinski definition) is 10. The summed E-state index contributed by atoms with van der Waals surface area (Å²) in [4.78, 5) is 52.0. The van der Waals surface area contributed by atoms with Crippen LogP contribution in [-0.4, -0.2) is 75.1 Å². The monoisotopic (exact) mass is 876 g/mol. The third-order valence-electron chi connectivity index (χ3n) is 13.7. The van der Waals surface area contributed by atoms with E-state index in [0.717, 1.165) is 29.3 Å². The minimum absolute atomic E-state index is 0.00580. The molecule has 1 amide bonds. The van der Waals surface area contributed by atoms with Crippen LogP contribution < -0.4 is 16.1 Å². The molecule has 3 aromatic carbocycles. The molecular weight excluding hydrogens is 828 g/mol. The van der Waals surface area contributed by atoms with E-state index in [-0.39, 0.29) is 54.0 Å². The molecule has 4 aliphatic rings. The number of fused-ring (bicyclic) bond motifs is 2. The van der Waals surface area contributed by atoms with Gasteiger partial charge in [-0.1, -0.05) is 30.3 Å². The molecule has 16 heteroatoms. The van der Waals surface area contributed by atoms with Gasteiger partial charge in [0.2, 0.25) is 0 Å². The summed E-state index contributed by atoms with van der Waals surface area (Å²) in [5.74, 6) is -0.616. The Morgan fingerprint density at radius 3 is 2.35 bits per heavy atom. The third-order valence-corrected chi connectivity index (χ3v) is 16.0. The molecule has 3 atom stereocenters. The van der Waals surface area contributed by atoms with Gasteiger partial charge < -0.3 is 18.9 Å². The van der Waals surface area contributed by atoms with Crippen molar-refractivity contribution in [2.75, 3.05) is 26.4 Å². The molecule has 63 heavy (non-hydrogen) atoms. The second-order valence-corrected chi connectivity index (χ2v) is 20.0. The lowest BCUT2D eigenvalue weighted by Gasteiger charge is -2.35. The fourth-order valence-electron chi connectivity index (χ4n) is 9.86. The predicted molar refractivity (Wildman–Crippen MR) is 231 cm³/mol. The van der Waals surface area contributed by atoms with Crippen molar-refractivity contribution in [3.63, 3.8) is 0 Å². The van der Waals surface area contributed by atoms with Crippen molar-refractivity contribution in [1.82, 2.24) is 29.2 Å². The summed E-state index contributed by atoms with van der Waals surface area (Å²) in [5, 5.41) is 4.71. The summed E-state index contributed by atoms with van der Waals surface area (Å²) in [6.07, 6.45) is 4.39. The van der Waals surface area contributed by atoms with E-state index in [2.05, 4.69) is 29.2 Å². The van der Waals surface area contributed by atoms with Crippen LogP contribution in [0.2, 0.25) is 0 Å². The van der Waals surface area contributed by atoms with Crippen molar-refractivity contribution < 1.29 is 31.6 Å². The van der Waals surface area contributed by atoms with E-state index in [4.69, 9.17) is 19.0 Å². The molecule has 2 aliphatic carbocycles. The van der Waals surface area contributed by atoms with Crippen LogP contribution in [0.5, 0.6) is 6.01 Å². The van der Waals surface area contributed by atoms with Crippen molar-refractivity contribution in [3.8, 4) is 11.7 Å². The summed E-state index contributed by atoms with van der Waals surface area (Å²) < 4.78 is 60.8. The van der Waals surface area contributed by atoms with Crippen LogP contribution >= 0.6 is 0 Å². The molecule has 10 rings (SSSR count). The van der Waals surface area contributed by atoms with Crippen molar-refractivity contribution in [2.45, 2.75) is 100 Å². The summed E-state index contributed by atoms with van der Waals surface area (Å²) in [5.41, 5.74) is 4.00. The number of aromatic amines is 1. The second kappa shape index (κ2) is 15.4. The van der Waals surface area contributed by atoms with Crippen LogP contribution in [0, 0.1) is 25.6 Å². The molecule has 0 bridgehead atoms. The summed E-state index contributed by atoms with van der Waals surface area (Å²) in [7, 11) is -3.33. The molecule has 6 aromatic rings. The van der Waals surface area contributed by atoms with Crippen molar-refractivity contribution in [1.29, 1.82) is 0 Å². The lowest BCUT2D eigenvalue weighted by atomic mass is 9.91. The Morgan fingerprint density at radius 2 is 1.70 bits per heavy atom. The first-order valence-corrected chi connectivity index (χ1v) is 23.3. The SMILES string of the molecule is Cc1cc(-n2c(OCCc3ccc(S(=O)(=O)C4CC4)cc3)nc3c(c2=O)CCN(C(=O)c2cc4cc(C5CCOCC5)ccc4n2[C@]2(c4noc(=O)[nH]4)C[C@@H]2C)[C@@H]3C)cc(C)c1F. The quantitative estimate of drug-likeness (QED) is 0.149. The molecule has 1 saturated heterocycles. The van der Waals surface area contributed by atoms with Gasteiger partial charge in [0.1, 0.15) is 17.1 Å². The third kappa shape index (κ3) is 7.01. The smallest absolute Gasteiger partial charge is 0.438 e. The van der Waals surface area contributed by atoms with Gasteiger partial charge in [0, 0.05) is 42.6 Å². The van der Waals surface area contributed by atoms with Gasteiger partial charge in [-0.15, -0.1) is 0 Å². The first-order chi connectivity index (χ1) is 30.3. The van der Waals surface area contributed by atoms with Crippen molar-refractivity contribution >= 4 is 26.6 Å². The van der Waals surface area contributed by atoms with E-state index in [1.807, 2.05) is 23.6 Å². The van der Waals surface area contributed by atoms with Crippen LogP contribution in [0.15, 0.2) is 79.7 Å². The number of carbonyl (C=O) groups excluding carboxylic acids is 1. The normalized spacial score (nSPS) is 21.4. The zero-order valence-corrected chi connectivity index (χ0v) is 36.5. The minimum Gasteiger partial charge on any atom is -0.464 e. The van der Waals surface area contributed by atoms with Gasteiger partial charge in [-0.3, -0.25) is 19.1 Å². The Hall–Kier alpha value is -5.87. The van der Waals surface area contributed by atoms with Gasteiger partial charge in [-0.05, 0) is 136 Å². The second-order valence-electron chi connectivity index (χ2n) is 17.7. The van der Waals surface area contributed by atoms with E-state index in [1.165, 1.54) is 10.1 Å². The van der Waals surface area contributed by atoms with Crippen molar-refractivity contribution in [3.05, 3.63) is 132 Å². The molecule has 14 nitrogen and oxygen atoms in total. The fraction of sp³-hybridized carbons (Fsp3) is 0.426. The van der Waals surface area contributed by atoms with Crippen LogP contribution in [0.25, 0.3) is 16.6 Å². The molecule has 3 fully saturated rings. The standard InChI is InChI=1S/C47H49FN6O8S/c1-26-21-34(22-27(2)40(26)48)53-42(55)37-13-17-52(29(4)41(37)49-45(53)61-20-14-30-5-8-35(9-6-30)63(58,59)36-10-11-36)43(56)39-24-33-23-32(31-15-18-60-19-16-31)7-12-38(33)54(39)47(25-28(47)3)44-50-46(57)62-51-44/h5-9,12,21-24,28-29,31,36H,10-11,13-20,25H2,1-4H3,(H,50,51,57)/t28-,29+,47+/m0/s1.